The monoisotopic (exact) mass is 374 g/mol. The molecule has 5 nitrogen and oxygen atoms in total. The Bertz CT molecular complexity index is 901. The van der Waals surface area contributed by atoms with Crippen LogP contribution in [0.4, 0.5) is 5.69 Å². The summed E-state index contributed by atoms with van der Waals surface area (Å²) in [7, 11) is -2.06. The molecule has 0 bridgehead atoms. The fraction of sp³-hybridized carbons (Fsp3) is 0.400. The maximum Gasteiger partial charge on any atom is 0.246 e. The Morgan fingerprint density at radius 1 is 0.885 bits per heavy atom. The van der Waals surface area contributed by atoms with Crippen molar-refractivity contribution in [1.29, 1.82) is 0 Å². The number of rotatable bonds is 4. The molecular formula is C20H26N2O3S. The molecule has 0 atom stereocenters. The number of nitrogens with zero attached hydrogens (tertiary/aromatic N) is 2. The zero-order chi connectivity index (χ0) is 18.9. The molecule has 2 aromatic rings. The highest BCUT2D eigenvalue weighted by Crippen LogP contribution is 2.29. The lowest BCUT2D eigenvalue weighted by Crippen LogP contribution is -2.48. The zero-order valence-electron chi connectivity index (χ0n) is 15.8. The maximum absolute atomic E-state index is 13.1. The molecule has 1 aliphatic rings. The molecule has 0 aliphatic carbocycles. The van der Waals surface area contributed by atoms with Gasteiger partial charge in [0.15, 0.2) is 0 Å². The number of benzene rings is 2. The Kier molecular flexibility index (Phi) is 5.25. The second kappa shape index (κ2) is 7.29. The van der Waals surface area contributed by atoms with Gasteiger partial charge in [-0.25, -0.2) is 8.42 Å². The van der Waals surface area contributed by atoms with Crippen LogP contribution in [-0.4, -0.2) is 46.0 Å². The van der Waals surface area contributed by atoms with Gasteiger partial charge in [0, 0.05) is 31.9 Å². The van der Waals surface area contributed by atoms with E-state index in [9.17, 15) is 8.42 Å². The fourth-order valence-corrected chi connectivity index (χ4v) is 5.02. The van der Waals surface area contributed by atoms with Crippen molar-refractivity contribution in [2.24, 2.45) is 0 Å². The highest BCUT2D eigenvalue weighted by molar-refractivity contribution is 7.89. The van der Waals surface area contributed by atoms with Gasteiger partial charge in [-0.05, 0) is 50.1 Å². The van der Waals surface area contributed by atoms with Crippen LogP contribution in [0.5, 0.6) is 5.75 Å². The van der Waals surface area contributed by atoms with E-state index in [2.05, 4.69) is 36.9 Å². The minimum atomic E-state index is -3.56. The Hall–Kier alpha value is -2.05. The van der Waals surface area contributed by atoms with Crippen LogP contribution in [0.2, 0.25) is 0 Å². The predicted octanol–water partition coefficient (Wildman–Crippen LogP) is 3.13. The third-order valence-electron chi connectivity index (χ3n) is 4.87. The average molecular weight is 375 g/mol. The summed E-state index contributed by atoms with van der Waals surface area (Å²) in [5.74, 6) is 0.404. The van der Waals surface area contributed by atoms with E-state index in [-0.39, 0.29) is 4.90 Å². The smallest absolute Gasteiger partial charge is 0.246 e. The second-order valence-electron chi connectivity index (χ2n) is 6.84. The maximum atomic E-state index is 13.1. The van der Waals surface area contributed by atoms with Crippen molar-refractivity contribution in [2.75, 3.05) is 38.2 Å². The van der Waals surface area contributed by atoms with Gasteiger partial charge in [-0.15, -0.1) is 0 Å². The first-order valence-corrected chi connectivity index (χ1v) is 10.2. The molecule has 1 heterocycles. The minimum Gasteiger partial charge on any atom is -0.495 e. The number of hydrogen-bond acceptors (Lipinski definition) is 4. The van der Waals surface area contributed by atoms with Gasteiger partial charge in [0.2, 0.25) is 10.0 Å². The summed E-state index contributed by atoms with van der Waals surface area (Å²) in [4.78, 5) is 2.50. The highest BCUT2D eigenvalue weighted by atomic mass is 32.2. The molecule has 0 saturated carbocycles. The van der Waals surface area contributed by atoms with Gasteiger partial charge in [-0.3, -0.25) is 0 Å². The molecule has 0 aromatic heterocycles. The van der Waals surface area contributed by atoms with Crippen LogP contribution in [0.1, 0.15) is 16.7 Å². The zero-order valence-corrected chi connectivity index (χ0v) is 16.6. The summed E-state index contributed by atoms with van der Waals surface area (Å²) in [5.41, 5.74) is 4.61. The number of sulfonamides is 1. The Morgan fingerprint density at radius 2 is 1.50 bits per heavy atom. The summed E-state index contributed by atoms with van der Waals surface area (Å²) in [6.45, 7) is 8.38. The molecule has 0 spiro atoms. The molecule has 140 valence electrons. The molecule has 0 N–H and O–H groups in total. The third-order valence-corrected chi connectivity index (χ3v) is 6.81. The van der Waals surface area contributed by atoms with Crippen molar-refractivity contribution in [3.05, 3.63) is 53.1 Å². The molecule has 2 aromatic carbocycles. The first-order chi connectivity index (χ1) is 12.3. The molecule has 6 heteroatoms. The Balaban J connectivity index is 1.79. The lowest BCUT2D eigenvalue weighted by molar-refractivity contribution is 0.374. The van der Waals surface area contributed by atoms with Crippen LogP contribution in [0.15, 0.2) is 41.3 Å². The first kappa shape index (κ1) is 18.7. The minimum absolute atomic E-state index is 0.241. The molecule has 3 rings (SSSR count). The van der Waals surface area contributed by atoms with E-state index in [1.165, 1.54) is 23.9 Å². The lowest BCUT2D eigenvalue weighted by Gasteiger charge is -2.36. The predicted molar refractivity (Wildman–Crippen MR) is 105 cm³/mol. The quantitative estimate of drug-likeness (QED) is 0.825. The summed E-state index contributed by atoms with van der Waals surface area (Å²) in [6, 6.07) is 11.6. The second-order valence-corrected chi connectivity index (χ2v) is 8.74. The first-order valence-electron chi connectivity index (χ1n) is 8.80. The standard InChI is InChI=1S/C20H26N2O3S/c1-15-5-7-18(17(3)13-15)21-9-11-22(12-10-21)26(23,24)20-8-6-16(2)14-19(20)25-4/h5-8,13-14H,9-12H2,1-4H3. The lowest BCUT2D eigenvalue weighted by atomic mass is 10.1. The van der Waals surface area contributed by atoms with E-state index < -0.39 is 10.0 Å². The van der Waals surface area contributed by atoms with Gasteiger partial charge in [-0.2, -0.15) is 4.31 Å². The SMILES string of the molecule is COc1cc(C)ccc1S(=O)(=O)N1CCN(c2ccc(C)cc2C)CC1. The van der Waals surface area contributed by atoms with E-state index in [0.717, 1.165) is 5.56 Å². The largest absolute Gasteiger partial charge is 0.495 e. The van der Waals surface area contributed by atoms with Crippen molar-refractivity contribution in [3.63, 3.8) is 0 Å². The highest BCUT2D eigenvalue weighted by Gasteiger charge is 2.31. The van der Waals surface area contributed by atoms with Crippen LogP contribution in [0.25, 0.3) is 0 Å². The van der Waals surface area contributed by atoms with Gasteiger partial charge in [0.25, 0.3) is 0 Å². The molecule has 1 aliphatic heterocycles. The number of aryl methyl sites for hydroxylation is 3. The number of piperazine rings is 1. The summed E-state index contributed by atoms with van der Waals surface area (Å²) in [5, 5.41) is 0. The third kappa shape index (κ3) is 3.57. The molecule has 0 unspecified atom stereocenters. The van der Waals surface area contributed by atoms with Crippen LogP contribution < -0.4 is 9.64 Å². The fourth-order valence-electron chi connectivity index (χ4n) is 3.46. The molecule has 0 radical (unpaired) electrons. The van der Waals surface area contributed by atoms with Gasteiger partial charge in [-0.1, -0.05) is 23.8 Å². The number of hydrogen-bond donors (Lipinski definition) is 0. The topological polar surface area (TPSA) is 49.9 Å². The molecular weight excluding hydrogens is 348 g/mol. The van der Waals surface area contributed by atoms with Crippen LogP contribution >= 0.6 is 0 Å². The summed E-state index contributed by atoms with van der Waals surface area (Å²) < 4.78 is 33.0. The van der Waals surface area contributed by atoms with Gasteiger partial charge in [0.1, 0.15) is 10.6 Å². The summed E-state index contributed by atoms with van der Waals surface area (Å²) in [6.07, 6.45) is 0. The van der Waals surface area contributed by atoms with E-state index in [4.69, 9.17) is 4.74 Å². The van der Waals surface area contributed by atoms with Crippen LogP contribution in [0, 0.1) is 20.8 Å². The molecule has 0 amide bonds. The molecule has 1 fully saturated rings. The Labute approximate surface area is 156 Å². The summed E-state index contributed by atoms with van der Waals surface area (Å²) >= 11 is 0. The molecule has 1 saturated heterocycles. The van der Waals surface area contributed by atoms with Crippen molar-refractivity contribution < 1.29 is 13.2 Å². The van der Waals surface area contributed by atoms with E-state index in [0.29, 0.717) is 31.9 Å². The molecule has 26 heavy (non-hydrogen) atoms. The van der Waals surface area contributed by atoms with Crippen LogP contribution in [-0.2, 0) is 10.0 Å². The van der Waals surface area contributed by atoms with Gasteiger partial charge < -0.3 is 9.64 Å². The van der Waals surface area contributed by atoms with Crippen LogP contribution in [0.3, 0.4) is 0 Å². The van der Waals surface area contributed by atoms with Gasteiger partial charge in [0.05, 0.1) is 7.11 Å². The average Bonchev–Trinajstić information content (AvgIpc) is 2.61. The van der Waals surface area contributed by atoms with Crippen molar-refractivity contribution in [3.8, 4) is 5.75 Å². The van der Waals surface area contributed by atoms with Crippen molar-refractivity contribution in [2.45, 2.75) is 25.7 Å². The van der Waals surface area contributed by atoms with Crippen molar-refractivity contribution in [1.82, 2.24) is 4.31 Å². The Morgan fingerprint density at radius 3 is 2.12 bits per heavy atom. The van der Waals surface area contributed by atoms with Crippen molar-refractivity contribution >= 4 is 15.7 Å². The van der Waals surface area contributed by atoms with E-state index in [1.54, 1.807) is 22.5 Å². The number of methoxy groups -OCH3 is 1. The van der Waals surface area contributed by atoms with Gasteiger partial charge >= 0.3 is 0 Å². The normalized spacial score (nSPS) is 15.9. The number of ether oxygens (including phenoxy) is 1. The number of anilines is 1. The van der Waals surface area contributed by atoms with E-state index in [1.807, 2.05) is 6.92 Å². The van der Waals surface area contributed by atoms with E-state index >= 15 is 0 Å².